The Balaban J connectivity index is 0.00000161. The summed E-state index contributed by atoms with van der Waals surface area (Å²) in [6.45, 7) is -0.00457. The van der Waals surface area contributed by atoms with Crippen molar-refractivity contribution in [2.75, 3.05) is 6.54 Å². The first-order valence-electron chi connectivity index (χ1n) is 5.30. The molecular formula is C8H7N4NaO7S. The summed E-state index contributed by atoms with van der Waals surface area (Å²) >= 11 is 0. The van der Waals surface area contributed by atoms with Gasteiger partial charge in [-0.25, -0.2) is 9.78 Å². The number of nitrogens with zero attached hydrogens (tertiary/aromatic N) is 4. The second-order valence-electron chi connectivity index (χ2n) is 4.22. The number of hydroxylamine groups is 2. The fourth-order valence-electron chi connectivity index (χ4n) is 2.31. The zero-order valence-electron chi connectivity index (χ0n) is 10.7. The number of amides is 2. The molecule has 1 saturated heterocycles. The average Bonchev–Trinajstić information content (AvgIpc) is 2.84. The molecule has 0 spiro atoms. The number of carbonyl (C=O) groups is 2. The van der Waals surface area contributed by atoms with Crippen LogP contribution in [0.3, 0.4) is 0 Å². The van der Waals surface area contributed by atoms with Crippen LogP contribution in [-0.4, -0.2) is 51.2 Å². The first kappa shape index (κ1) is 16.2. The Kier molecular flexibility index (Phi) is 4.03. The molecule has 0 radical (unpaired) electrons. The van der Waals surface area contributed by atoms with Crippen LogP contribution in [0, 0.1) is 0 Å². The molecule has 2 aliphatic heterocycles. The van der Waals surface area contributed by atoms with Crippen molar-refractivity contribution >= 4 is 22.5 Å². The van der Waals surface area contributed by atoms with Crippen molar-refractivity contribution < 1.29 is 61.5 Å². The zero-order valence-corrected chi connectivity index (χ0v) is 13.5. The van der Waals surface area contributed by atoms with Crippen LogP contribution in [0.5, 0.6) is 0 Å². The fourth-order valence-corrected chi connectivity index (χ4v) is 2.68. The van der Waals surface area contributed by atoms with Crippen LogP contribution < -0.4 is 34.7 Å². The Bertz CT molecular complexity index is 716. The van der Waals surface area contributed by atoms with Gasteiger partial charge >= 0.3 is 46.0 Å². The van der Waals surface area contributed by atoms with E-state index in [0.717, 1.165) is 10.9 Å². The van der Waals surface area contributed by atoms with Gasteiger partial charge in [0.05, 0.1) is 24.5 Å². The van der Waals surface area contributed by atoms with Gasteiger partial charge < -0.3 is 14.8 Å². The van der Waals surface area contributed by atoms with Gasteiger partial charge in [-0.3, -0.25) is 9.12 Å². The minimum absolute atomic E-state index is 0. The standard InChI is InChI=1S/C8H8N4O7S.Na/c13-7-10-1-4-6(9-3-11(4)8(14)15)5(2-10)12(7)19-20(16,17)18;/h3,5H,1-2H2,(H,14,15)(H,16,17,18);/q;+1/p-1. The molecule has 2 amide bonds. The van der Waals surface area contributed by atoms with E-state index >= 15 is 0 Å². The summed E-state index contributed by atoms with van der Waals surface area (Å²) in [5, 5.41) is 11.3. The third kappa shape index (κ3) is 2.65. The Hall–Kier alpha value is -1.18. The van der Waals surface area contributed by atoms with Crippen LogP contribution in [-0.2, 0) is 21.2 Å². The second kappa shape index (κ2) is 5.23. The van der Waals surface area contributed by atoms with Crippen molar-refractivity contribution in [2.45, 2.75) is 12.6 Å². The molecule has 13 heteroatoms. The summed E-state index contributed by atoms with van der Waals surface area (Å²) < 4.78 is 35.1. The molecule has 0 aromatic carbocycles. The molecule has 1 aromatic heterocycles. The predicted molar refractivity (Wildman–Crippen MR) is 56.0 cm³/mol. The summed E-state index contributed by atoms with van der Waals surface area (Å²) in [5.74, 6) is 0. The van der Waals surface area contributed by atoms with Crippen molar-refractivity contribution in [1.82, 2.24) is 19.5 Å². The first-order valence-corrected chi connectivity index (χ1v) is 6.67. The molecule has 3 rings (SSSR count). The van der Waals surface area contributed by atoms with Crippen LogP contribution >= 0.6 is 0 Å². The van der Waals surface area contributed by atoms with Crippen LogP contribution in [0.15, 0.2) is 6.33 Å². The van der Waals surface area contributed by atoms with Gasteiger partial charge in [-0.1, -0.05) is 0 Å². The first-order chi connectivity index (χ1) is 9.28. The Morgan fingerprint density at radius 3 is 2.76 bits per heavy atom. The van der Waals surface area contributed by atoms with E-state index < -0.39 is 28.6 Å². The minimum Gasteiger partial charge on any atom is -0.529 e. The fraction of sp³-hybridized carbons (Fsp3) is 0.375. The van der Waals surface area contributed by atoms with Gasteiger partial charge in [0.15, 0.2) is 0 Å². The second-order valence-corrected chi connectivity index (χ2v) is 5.22. The van der Waals surface area contributed by atoms with Gasteiger partial charge in [0.25, 0.3) is 0 Å². The molecule has 0 aliphatic carbocycles. The van der Waals surface area contributed by atoms with Crippen molar-refractivity contribution in [3.8, 4) is 0 Å². The number of hydrogen-bond acceptors (Lipinski definition) is 7. The van der Waals surface area contributed by atoms with Crippen LogP contribution in [0.4, 0.5) is 9.59 Å². The molecule has 1 N–H and O–H groups in total. The van der Waals surface area contributed by atoms with Gasteiger partial charge in [0, 0.05) is 0 Å². The number of urea groups is 1. The molecule has 2 bridgehead atoms. The van der Waals surface area contributed by atoms with Crippen molar-refractivity contribution in [2.24, 2.45) is 0 Å². The predicted octanol–water partition coefficient (Wildman–Crippen LogP) is -4.89. The van der Waals surface area contributed by atoms with Crippen LogP contribution in [0.2, 0.25) is 0 Å². The summed E-state index contributed by atoms with van der Waals surface area (Å²) in [5.41, 5.74) is 0.371. The van der Waals surface area contributed by atoms with E-state index in [4.69, 9.17) is 4.55 Å². The topological polar surface area (TPSA) is 145 Å². The Labute approximate surface area is 140 Å². The molecule has 2 aliphatic rings. The molecule has 108 valence electrons. The molecule has 3 heterocycles. The van der Waals surface area contributed by atoms with Gasteiger partial charge in [-0.2, -0.15) is 13.5 Å². The van der Waals surface area contributed by atoms with Gasteiger partial charge in [-0.05, 0) is 0 Å². The average molecular weight is 326 g/mol. The molecule has 11 nitrogen and oxygen atoms in total. The molecule has 1 fully saturated rings. The third-order valence-electron chi connectivity index (χ3n) is 3.06. The van der Waals surface area contributed by atoms with E-state index in [2.05, 4.69) is 9.27 Å². The SMILES string of the molecule is O=C1N2Cc3c(ncn3C(=O)[O-])C(C2)N1OS(=O)(=O)O.[Na+]. The third-order valence-corrected chi connectivity index (χ3v) is 3.41. The Morgan fingerprint density at radius 2 is 2.19 bits per heavy atom. The Morgan fingerprint density at radius 1 is 1.52 bits per heavy atom. The van der Waals surface area contributed by atoms with Crippen molar-refractivity contribution in [1.29, 1.82) is 0 Å². The maximum absolute atomic E-state index is 11.9. The summed E-state index contributed by atoms with van der Waals surface area (Å²) in [6.07, 6.45) is -0.520. The number of rotatable bonds is 2. The maximum Gasteiger partial charge on any atom is 1.00 e. The quantitative estimate of drug-likeness (QED) is 0.420. The summed E-state index contributed by atoms with van der Waals surface area (Å²) in [4.78, 5) is 27.8. The molecule has 21 heavy (non-hydrogen) atoms. The molecule has 1 unspecified atom stereocenters. The zero-order chi connectivity index (χ0) is 14.7. The number of imidazole rings is 1. The molecular weight excluding hydrogens is 319 g/mol. The van der Waals surface area contributed by atoms with E-state index in [-0.39, 0.29) is 54.0 Å². The largest absolute Gasteiger partial charge is 1.00 e. The number of carboxylic acid groups (broad SMARTS) is 1. The maximum atomic E-state index is 11.9. The van der Waals surface area contributed by atoms with Gasteiger partial charge in [-0.15, -0.1) is 4.28 Å². The number of carbonyl (C=O) groups excluding carboxylic acids is 2. The normalized spacial score (nSPS) is 20.2. The smallest absolute Gasteiger partial charge is 0.529 e. The summed E-state index contributed by atoms with van der Waals surface area (Å²) in [7, 11) is -4.88. The van der Waals surface area contributed by atoms with Gasteiger partial charge in [0.1, 0.15) is 18.5 Å². The van der Waals surface area contributed by atoms with E-state index in [1.165, 1.54) is 4.90 Å². The van der Waals surface area contributed by atoms with E-state index in [1.54, 1.807) is 0 Å². The summed E-state index contributed by atoms with van der Waals surface area (Å²) in [6, 6.07) is -1.73. The van der Waals surface area contributed by atoms with E-state index in [0.29, 0.717) is 5.06 Å². The molecule has 0 saturated carbocycles. The van der Waals surface area contributed by atoms with Crippen LogP contribution in [0.25, 0.3) is 0 Å². The minimum atomic E-state index is -4.88. The van der Waals surface area contributed by atoms with Crippen LogP contribution in [0.1, 0.15) is 17.4 Å². The van der Waals surface area contributed by atoms with Gasteiger partial charge in [0.2, 0.25) is 0 Å². The monoisotopic (exact) mass is 326 g/mol. The van der Waals surface area contributed by atoms with Crippen molar-refractivity contribution in [3.63, 3.8) is 0 Å². The molecule has 1 aromatic rings. The number of fused-ring (bicyclic) bond motifs is 4. The van der Waals surface area contributed by atoms with E-state index in [1.807, 2.05) is 0 Å². The van der Waals surface area contributed by atoms with Crippen molar-refractivity contribution in [3.05, 3.63) is 17.7 Å². The number of hydrogen-bond donors (Lipinski definition) is 1. The molecule has 1 atom stereocenters. The van der Waals surface area contributed by atoms with E-state index in [9.17, 15) is 23.1 Å². The number of aromatic nitrogens is 2.